The van der Waals surface area contributed by atoms with Crippen molar-refractivity contribution in [3.8, 4) is 0 Å². The Kier molecular flexibility index (Phi) is 1.98. The third-order valence-corrected chi connectivity index (χ3v) is 1.42. The van der Waals surface area contributed by atoms with E-state index in [1.165, 1.54) is 12.8 Å². The van der Waals surface area contributed by atoms with Crippen molar-refractivity contribution >= 4 is 15.9 Å². The molecular formula is C4H9Br. The van der Waals surface area contributed by atoms with Gasteiger partial charge < -0.3 is 0 Å². The monoisotopic (exact) mass is 136 g/mol. The lowest BCUT2D eigenvalue weighted by molar-refractivity contribution is 1.50. The first-order valence-electron chi connectivity index (χ1n) is 1.53. The average Bonchev–Trinajstić information content (AvgIpc) is 1.75. The Morgan fingerprint density at radius 1 is 1.40 bits per heavy atom. The minimum Gasteiger partial charge on any atom is -0.0891 e. The highest BCUT2D eigenvalue weighted by atomic mass is 79.9. The predicted molar refractivity (Wildman–Crippen MR) is 28.7 cm³/mol. The summed E-state index contributed by atoms with van der Waals surface area (Å²) in [6, 6.07) is 0. The van der Waals surface area contributed by atoms with Gasteiger partial charge in [-0.2, -0.15) is 0 Å². The van der Waals surface area contributed by atoms with Crippen LogP contribution in [0, 0.1) is 0 Å². The summed E-state index contributed by atoms with van der Waals surface area (Å²) >= 11 is 3.38. The van der Waals surface area contributed by atoms with Crippen LogP contribution in [-0.4, -0.2) is 4.83 Å². The molecule has 5 heavy (non-hydrogen) atoms. The maximum absolute atomic E-state index is 3.38. The predicted octanol–water partition coefficient (Wildman–Crippen LogP) is 2.18. The zero-order valence-corrected chi connectivity index (χ0v) is 3.96. The van der Waals surface area contributed by atoms with E-state index in [4.69, 9.17) is 0 Å². The Labute approximate surface area is 41.7 Å². The van der Waals surface area contributed by atoms with Crippen LogP contribution in [0.15, 0.2) is 0 Å². The van der Waals surface area contributed by atoms with E-state index in [1.54, 1.807) is 0 Å². The smallest absolute Gasteiger partial charge is 0.0146 e. The molecule has 0 radical (unpaired) electrons. The second kappa shape index (κ2) is 1.81. The lowest BCUT2D eigenvalue weighted by atomic mass is 11.0. The van der Waals surface area contributed by atoms with Crippen LogP contribution in [0.5, 0.6) is 0 Å². The summed E-state index contributed by atoms with van der Waals surface area (Å²) in [4.78, 5) is 0.896. The molecule has 0 spiro atoms. The van der Waals surface area contributed by atoms with Gasteiger partial charge in [0, 0.05) is 4.83 Å². The third-order valence-electron chi connectivity index (χ3n) is 0.507. The first kappa shape index (κ1) is 5.48. The topological polar surface area (TPSA) is 0 Å². The highest BCUT2D eigenvalue weighted by Gasteiger charge is 2.15. The Hall–Kier alpha value is 0.480. The van der Waals surface area contributed by atoms with E-state index in [1.807, 2.05) is 0 Å². The van der Waals surface area contributed by atoms with Gasteiger partial charge in [-0.05, 0) is 12.8 Å². The van der Waals surface area contributed by atoms with Gasteiger partial charge in [0.1, 0.15) is 0 Å². The van der Waals surface area contributed by atoms with Crippen LogP contribution in [0.25, 0.3) is 0 Å². The zero-order valence-electron chi connectivity index (χ0n) is 2.37. The molecule has 1 aliphatic carbocycles. The fourth-order valence-corrected chi connectivity index (χ4v) is 0.327. The fraction of sp³-hybridized carbons (Fsp3) is 1.00. The molecule has 0 amide bonds. The Balaban J connectivity index is 0.000000160. The van der Waals surface area contributed by atoms with E-state index in [-0.39, 0.29) is 7.43 Å². The third kappa shape index (κ3) is 2.28. The van der Waals surface area contributed by atoms with Gasteiger partial charge in [-0.25, -0.2) is 0 Å². The normalized spacial score (nSPS) is 21.0. The van der Waals surface area contributed by atoms with Gasteiger partial charge in [0.2, 0.25) is 0 Å². The molecule has 1 aliphatic rings. The summed E-state index contributed by atoms with van der Waals surface area (Å²) in [6.07, 6.45) is 2.81. The molecule has 0 saturated heterocycles. The Morgan fingerprint density at radius 3 is 1.60 bits per heavy atom. The molecule has 1 fully saturated rings. The lowest BCUT2D eigenvalue weighted by Gasteiger charge is -1.50. The van der Waals surface area contributed by atoms with Gasteiger partial charge in [0.05, 0.1) is 0 Å². The van der Waals surface area contributed by atoms with Crippen molar-refractivity contribution in [3.63, 3.8) is 0 Å². The van der Waals surface area contributed by atoms with Gasteiger partial charge in [-0.15, -0.1) is 0 Å². The second-order valence-electron chi connectivity index (χ2n) is 1.17. The van der Waals surface area contributed by atoms with Gasteiger partial charge >= 0.3 is 0 Å². The largest absolute Gasteiger partial charge is 0.0891 e. The summed E-state index contributed by atoms with van der Waals surface area (Å²) < 4.78 is 0. The molecule has 32 valence electrons. The number of alkyl halides is 1. The van der Waals surface area contributed by atoms with Crippen molar-refractivity contribution in [3.05, 3.63) is 0 Å². The maximum Gasteiger partial charge on any atom is 0.0146 e. The van der Waals surface area contributed by atoms with Gasteiger partial charge in [-0.1, -0.05) is 23.4 Å². The van der Waals surface area contributed by atoms with E-state index in [9.17, 15) is 0 Å². The van der Waals surface area contributed by atoms with Gasteiger partial charge in [0.25, 0.3) is 0 Å². The molecule has 1 heteroatoms. The summed E-state index contributed by atoms with van der Waals surface area (Å²) in [5.41, 5.74) is 0. The van der Waals surface area contributed by atoms with Gasteiger partial charge in [0.15, 0.2) is 0 Å². The number of rotatable bonds is 0. The van der Waals surface area contributed by atoms with Crippen LogP contribution in [0.1, 0.15) is 20.3 Å². The summed E-state index contributed by atoms with van der Waals surface area (Å²) in [5, 5.41) is 0. The zero-order chi connectivity index (χ0) is 2.99. The molecule has 0 heterocycles. The van der Waals surface area contributed by atoms with Crippen molar-refractivity contribution in [2.24, 2.45) is 0 Å². The first-order valence-corrected chi connectivity index (χ1v) is 2.45. The van der Waals surface area contributed by atoms with Gasteiger partial charge in [-0.3, -0.25) is 0 Å². The number of hydrogen-bond donors (Lipinski definition) is 0. The van der Waals surface area contributed by atoms with Crippen LogP contribution >= 0.6 is 15.9 Å². The number of halogens is 1. The van der Waals surface area contributed by atoms with Crippen LogP contribution in [0.4, 0.5) is 0 Å². The van der Waals surface area contributed by atoms with Crippen molar-refractivity contribution in [2.75, 3.05) is 0 Å². The molecule has 0 aromatic rings. The van der Waals surface area contributed by atoms with E-state index in [2.05, 4.69) is 15.9 Å². The van der Waals surface area contributed by atoms with Crippen LogP contribution in [0.2, 0.25) is 0 Å². The maximum atomic E-state index is 3.38. The molecule has 1 rings (SSSR count). The van der Waals surface area contributed by atoms with Crippen LogP contribution in [0.3, 0.4) is 0 Å². The molecule has 1 saturated carbocycles. The minimum atomic E-state index is 0. The lowest BCUT2D eigenvalue weighted by Crippen LogP contribution is -1.42. The average molecular weight is 137 g/mol. The van der Waals surface area contributed by atoms with E-state index >= 15 is 0 Å². The highest BCUT2D eigenvalue weighted by Crippen LogP contribution is 2.27. The summed E-state index contributed by atoms with van der Waals surface area (Å²) in [6.45, 7) is 0. The van der Waals surface area contributed by atoms with Crippen molar-refractivity contribution in [1.82, 2.24) is 0 Å². The SMILES string of the molecule is BrC1CC1.C. The van der Waals surface area contributed by atoms with Crippen LogP contribution in [-0.2, 0) is 0 Å². The van der Waals surface area contributed by atoms with E-state index in [0.29, 0.717) is 0 Å². The molecule has 0 N–H and O–H groups in total. The summed E-state index contributed by atoms with van der Waals surface area (Å²) in [7, 11) is 0. The van der Waals surface area contributed by atoms with Crippen LogP contribution < -0.4 is 0 Å². The van der Waals surface area contributed by atoms with Crippen molar-refractivity contribution in [1.29, 1.82) is 0 Å². The fourth-order valence-electron chi connectivity index (χ4n) is 0.0630. The number of hydrogen-bond acceptors (Lipinski definition) is 0. The molecule has 0 atom stereocenters. The van der Waals surface area contributed by atoms with Crippen molar-refractivity contribution < 1.29 is 0 Å². The van der Waals surface area contributed by atoms with E-state index < -0.39 is 0 Å². The molecule has 0 aromatic heterocycles. The first-order chi connectivity index (χ1) is 1.89. The van der Waals surface area contributed by atoms with Crippen molar-refractivity contribution in [2.45, 2.75) is 25.1 Å². The summed E-state index contributed by atoms with van der Waals surface area (Å²) in [5.74, 6) is 0. The Morgan fingerprint density at radius 2 is 1.60 bits per heavy atom. The van der Waals surface area contributed by atoms with E-state index in [0.717, 1.165) is 4.83 Å². The second-order valence-corrected chi connectivity index (χ2v) is 2.47. The molecule has 0 unspecified atom stereocenters. The molecule has 0 aromatic carbocycles. The molecule has 0 aliphatic heterocycles. The molecule has 0 nitrogen and oxygen atoms in total. The minimum absolute atomic E-state index is 0. The molecular weight excluding hydrogens is 128 g/mol. The quantitative estimate of drug-likeness (QED) is 0.449. The Bertz CT molecular complexity index is 22.8. The molecule has 0 bridgehead atoms. The highest BCUT2D eigenvalue weighted by molar-refractivity contribution is 9.09. The standard InChI is InChI=1S/C3H5Br.CH4/c4-3-1-2-3;/h3H,1-2H2;1H4.